The van der Waals surface area contributed by atoms with Crippen molar-refractivity contribution in [1.29, 1.82) is 0 Å². The van der Waals surface area contributed by atoms with Gasteiger partial charge in [0.1, 0.15) is 11.6 Å². The molecule has 1 aliphatic carbocycles. The summed E-state index contributed by atoms with van der Waals surface area (Å²) in [5.74, 6) is 0.541. The number of Topliss-reactive ketones (excluding diaryl/α,β-unsaturated/α-hetero) is 1. The Kier molecular flexibility index (Phi) is 3.39. The number of furan rings is 1. The summed E-state index contributed by atoms with van der Waals surface area (Å²) in [5.41, 5.74) is 5.63. The maximum Gasteiger partial charge on any atom is 0.284 e. The van der Waals surface area contributed by atoms with Gasteiger partial charge in [-0.15, -0.1) is 0 Å². The number of primary amides is 1. The van der Waals surface area contributed by atoms with E-state index in [9.17, 15) is 9.59 Å². The topological polar surface area (TPSA) is 98.2 Å². The highest BCUT2D eigenvalue weighted by atomic mass is 16.3. The number of nitrogens with one attached hydrogen (secondary N) is 1. The molecule has 116 valence electrons. The first kappa shape index (κ1) is 14.6. The number of carbonyl (C=O) groups is 2. The first-order valence-corrected chi connectivity index (χ1v) is 7.33. The van der Waals surface area contributed by atoms with Crippen molar-refractivity contribution in [3.8, 4) is 0 Å². The Balaban J connectivity index is 1.84. The van der Waals surface area contributed by atoms with E-state index >= 15 is 0 Å². The van der Waals surface area contributed by atoms with Gasteiger partial charge < -0.3 is 15.5 Å². The van der Waals surface area contributed by atoms with E-state index in [0.29, 0.717) is 30.0 Å². The third kappa shape index (κ3) is 2.68. The minimum Gasteiger partial charge on any atom is -0.449 e. The van der Waals surface area contributed by atoms with E-state index in [1.807, 2.05) is 6.07 Å². The van der Waals surface area contributed by atoms with Gasteiger partial charge in [0.25, 0.3) is 5.91 Å². The quantitative estimate of drug-likeness (QED) is 0.907. The molecule has 0 bridgehead atoms. The van der Waals surface area contributed by atoms with Gasteiger partial charge in [-0.1, -0.05) is 13.8 Å². The fraction of sp³-hybridized carbons (Fsp3) is 0.438. The van der Waals surface area contributed by atoms with E-state index < -0.39 is 5.91 Å². The van der Waals surface area contributed by atoms with Crippen molar-refractivity contribution >= 4 is 28.5 Å². The molecular formula is C16H19N3O3. The number of hydrogen-bond acceptors (Lipinski definition) is 5. The van der Waals surface area contributed by atoms with Crippen molar-refractivity contribution in [3.05, 3.63) is 24.1 Å². The third-order valence-corrected chi connectivity index (χ3v) is 4.28. The Labute approximate surface area is 128 Å². The molecule has 1 fully saturated rings. The van der Waals surface area contributed by atoms with E-state index in [1.54, 1.807) is 12.3 Å². The lowest BCUT2D eigenvalue weighted by Crippen LogP contribution is -2.42. The predicted octanol–water partition coefficient (Wildman–Crippen LogP) is 2.49. The molecule has 3 rings (SSSR count). The molecule has 3 N–H and O–H groups in total. The molecule has 0 saturated heterocycles. The smallest absolute Gasteiger partial charge is 0.284 e. The van der Waals surface area contributed by atoms with Gasteiger partial charge in [-0.25, -0.2) is 4.98 Å². The maximum absolute atomic E-state index is 11.6. The first-order chi connectivity index (χ1) is 10.3. The summed E-state index contributed by atoms with van der Waals surface area (Å²) >= 11 is 0. The Morgan fingerprint density at radius 2 is 2.23 bits per heavy atom. The Hall–Kier alpha value is -2.37. The molecule has 0 spiro atoms. The molecule has 0 aliphatic heterocycles. The van der Waals surface area contributed by atoms with Crippen LogP contribution in [0.4, 0.5) is 5.82 Å². The zero-order valence-electron chi connectivity index (χ0n) is 12.7. The van der Waals surface area contributed by atoms with Crippen LogP contribution in [0.2, 0.25) is 0 Å². The molecule has 2 aromatic heterocycles. The van der Waals surface area contributed by atoms with Crippen molar-refractivity contribution in [2.75, 3.05) is 5.32 Å². The Morgan fingerprint density at radius 3 is 2.91 bits per heavy atom. The SMILES string of the molecule is CC1(C)CC(=O)CCC1Nc1cc2cc(C(N)=O)oc2cn1. The molecule has 6 heteroatoms. The number of anilines is 1. The van der Waals surface area contributed by atoms with Crippen LogP contribution in [0.25, 0.3) is 11.0 Å². The minimum absolute atomic E-state index is 0.110. The van der Waals surface area contributed by atoms with E-state index in [4.69, 9.17) is 10.2 Å². The summed E-state index contributed by atoms with van der Waals surface area (Å²) in [6.07, 6.45) is 3.54. The molecule has 1 saturated carbocycles. The highest BCUT2D eigenvalue weighted by Crippen LogP contribution is 2.35. The average molecular weight is 301 g/mol. The van der Waals surface area contributed by atoms with Crippen LogP contribution in [-0.4, -0.2) is 22.7 Å². The number of hydrogen-bond donors (Lipinski definition) is 2. The molecular weight excluding hydrogens is 282 g/mol. The molecule has 1 aliphatic rings. The zero-order valence-corrected chi connectivity index (χ0v) is 12.7. The Morgan fingerprint density at radius 1 is 1.45 bits per heavy atom. The van der Waals surface area contributed by atoms with Gasteiger partial charge in [-0.2, -0.15) is 0 Å². The molecule has 0 aromatic carbocycles. The van der Waals surface area contributed by atoms with Crippen molar-refractivity contribution < 1.29 is 14.0 Å². The minimum atomic E-state index is -0.599. The number of nitrogens with two attached hydrogens (primary N) is 1. The van der Waals surface area contributed by atoms with E-state index in [1.165, 1.54) is 0 Å². The fourth-order valence-corrected chi connectivity index (χ4v) is 3.01. The molecule has 2 heterocycles. The number of amides is 1. The van der Waals surface area contributed by atoms with E-state index in [-0.39, 0.29) is 17.2 Å². The maximum atomic E-state index is 11.6. The lowest BCUT2D eigenvalue weighted by molar-refractivity contribution is -0.123. The monoisotopic (exact) mass is 301 g/mol. The molecule has 0 radical (unpaired) electrons. The second-order valence-corrected chi connectivity index (χ2v) is 6.52. The molecule has 1 atom stereocenters. The van der Waals surface area contributed by atoms with Crippen LogP contribution in [0, 0.1) is 5.41 Å². The predicted molar refractivity (Wildman–Crippen MR) is 82.6 cm³/mol. The van der Waals surface area contributed by atoms with Crippen LogP contribution in [0.3, 0.4) is 0 Å². The largest absolute Gasteiger partial charge is 0.449 e. The van der Waals surface area contributed by atoms with Crippen LogP contribution in [0.15, 0.2) is 22.7 Å². The molecule has 2 aromatic rings. The zero-order chi connectivity index (χ0) is 15.9. The summed E-state index contributed by atoms with van der Waals surface area (Å²) in [6, 6.07) is 3.62. The summed E-state index contributed by atoms with van der Waals surface area (Å²) in [7, 11) is 0. The highest BCUT2D eigenvalue weighted by molar-refractivity contribution is 5.95. The second kappa shape index (κ2) is 5.12. The molecule has 6 nitrogen and oxygen atoms in total. The number of rotatable bonds is 3. The van der Waals surface area contributed by atoms with Gasteiger partial charge in [-0.05, 0) is 24.0 Å². The van der Waals surface area contributed by atoms with Gasteiger partial charge in [0.15, 0.2) is 11.3 Å². The number of carbonyl (C=O) groups excluding carboxylic acids is 2. The van der Waals surface area contributed by atoms with Crippen molar-refractivity contribution in [1.82, 2.24) is 4.98 Å². The lowest BCUT2D eigenvalue weighted by Gasteiger charge is -2.38. The highest BCUT2D eigenvalue weighted by Gasteiger charge is 2.36. The van der Waals surface area contributed by atoms with Gasteiger partial charge in [0.2, 0.25) is 0 Å². The Bertz CT molecular complexity index is 748. The van der Waals surface area contributed by atoms with Crippen LogP contribution in [0.1, 0.15) is 43.7 Å². The summed E-state index contributed by atoms with van der Waals surface area (Å²) in [4.78, 5) is 27.1. The number of fused-ring (bicyclic) bond motifs is 1. The van der Waals surface area contributed by atoms with Crippen LogP contribution in [-0.2, 0) is 4.79 Å². The summed E-state index contributed by atoms with van der Waals surface area (Å²) in [5, 5.41) is 4.18. The average Bonchev–Trinajstić information content (AvgIpc) is 2.84. The van der Waals surface area contributed by atoms with Crippen molar-refractivity contribution in [2.24, 2.45) is 11.1 Å². The summed E-state index contributed by atoms with van der Waals surface area (Å²) < 4.78 is 5.32. The van der Waals surface area contributed by atoms with Crippen LogP contribution in [0.5, 0.6) is 0 Å². The number of aromatic nitrogens is 1. The third-order valence-electron chi connectivity index (χ3n) is 4.28. The molecule has 1 amide bonds. The van der Waals surface area contributed by atoms with Crippen LogP contribution >= 0.6 is 0 Å². The van der Waals surface area contributed by atoms with Crippen molar-refractivity contribution in [2.45, 2.75) is 39.2 Å². The fourth-order valence-electron chi connectivity index (χ4n) is 3.01. The first-order valence-electron chi connectivity index (χ1n) is 7.33. The van der Waals surface area contributed by atoms with Gasteiger partial charge in [0.05, 0.1) is 6.20 Å². The van der Waals surface area contributed by atoms with E-state index in [0.717, 1.165) is 11.8 Å². The standard InChI is InChI=1S/C16H19N3O3/c1-16(2)7-10(20)3-4-13(16)19-14-6-9-5-11(15(17)21)22-12(9)8-18-14/h5-6,8,13H,3-4,7H2,1-2H3,(H2,17,21)(H,18,19). The normalized spacial score (nSPS) is 21.0. The number of pyridine rings is 1. The van der Waals surface area contributed by atoms with Gasteiger partial charge in [0, 0.05) is 24.3 Å². The van der Waals surface area contributed by atoms with E-state index in [2.05, 4.69) is 24.1 Å². The van der Waals surface area contributed by atoms with Gasteiger partial charge in [-0.3, -0.25) is 9.59 Å². The van der Waals surface area contributed by atoms with Crippen LogP contribution < -0.4 is 11.1 Å². The molecule has 22 heavy (non-hydrogen) atoms. The van der Waals surface area contributed by atoms with Gasteiger partial charge >= 0.3 is 0 Å². The lowest BCUT2D eigenvalue weighted by atomic mass is 9.73. The number of nitrogens with zero attached hydrogens (tertiary/aromatic N) is 1. The number of ketones is 1. The second-order valence-electron chi connectivity index (χ2n) is 6.52. The molecule has 1 unspecified atom stereocenters. The van der Waals surface area contributed by atoms with Crippen molar-refractivity contribution in [3.63, 3.8) is 0 Å². The summed E-state index contributed by atoms with van der Waals surface area (Å²) in [6.45, 7) is 4.17.